The predicted octanol–water partition coefficient (Wildman–Crippen LogP) is 2.14. The van der Waals surface area contributed by atoms with Crippen molar-refractivity contribution in [2.75, 3.05) is 38.1 Å². The normalized spacial score (nSPS) is 10.6. The molecule has 0 aromatic heterocycles. The summed E-state index contributed by atoms with van der Waals surface area (Å²) in [5.74, 6) is -0.742. The van der Waals surface area contributed by atoms with Crippen LogP contribution in [0.5, 0.6) is 11.5 Å². The topological polar surface area (TPSA) is 165 Å². The Kier molecular flexibility index (Phi) is 9.00. The first-order valence-electron chi connectivity index (χ1n) is 9.49. The minimum atomic E-state index is -4.23. The number of guanidine groups is 1. The molecule has 12 nitrogen and oxygen atoms in total. The van der Waals surface area contributed by atoms with E-state index in [1.807, 2.05) is 0 Å². The molecule has 0 radical (unpaired) electrons. The Morgan fingerprint density at radius 1 is 1.00 bits per heavy atom. The Morgan fingerprint density at radius 3 is 2.42 bits per heavy atom. The van der Waals surface area contributed by atoms with Gasteiger partial charge in [0.1, 0.15) is 23.0 Å². The van der Waals surface area contributed by atoms with Gasteiger partial charge in [-0.25, -0.2) is 4.79 Å². The molecule has 4 N–H and O–H groups in total. The molecule has 0 saturated heterocycles. The number of rotatable bonds is 9. The Balaban J connectivity index is 2.33. The smallest absolute Gasteiger partial charge is 0.413 e. The number of anilines is 2. The molecule has 0 saturated carbocycles. The Morgan fingerprint density at radius 2 is 1.76 bits per heavy atom. The fourth-order valence-electron chi connectivity index (χ4n) is 2.48. The maximum Gasteiger partial charge on any atom is 0.413 e. The van der Waals surface area contributed by atoms with Crippen molar-refractivity contribution in [3.05, 3.63) is 42.5 Å². The quantitative estimate of drug-likeness (QED) is 0.239. The molecule has 0 spiro atoms. The zero-order chi connectivity index (χ0) is 24.4. The molecule has 0 bridgehead atoms. The molecule has 0 atom stereocenters. The summed E-state index contributed by atoms with van der Waals surface area (Å²) in [6.07, 6.45) is -0.901. The standard InChI is InChI=1S/C20H24N4O8S/c1-4-31-13-6-5-7-15(10-13)33(27,28)32-14-8-9-16(22-18(25)12-29-2)17(11-14)23-19(21)24-20(26)30-3/h5-11H,4,12H2,1-3H3,(H,22,25)(H3,21,23,24,26). The van der Waals surface area contributed by atoms with Crippen LogP contribution in [0.25, 0.3) is 0 Å². The summed E-state index contributed by atoms with van der Waals surface area (Å²) < 4.78 is 45.2. The van der Waals surface area contributed by atoms with Crippen molar-refractivity contribution < 1.29 is 36.4 Å². The number of hydrogen-bond donors (Lipinski definition) is 4. The first-order valence-corrected chi connectivity index (χ1v) is 10.9. The largest absolute Gasteiger partial charge is 0.494 e. The Hall–Kier alpha value is -3.84. The van der Waals surface area contributed by atoms with Crippen LogP contribution in [0.15, 0.2) is 47.4 Å². The highest BCUT2D eigenvalue weighted by Gasteiger charge is 2.19. The highest BCUT2D eigenvalue weighted by Crippen LogP contribution is 2.29. The first kappa shape index (κ1) is 25.4. The number of methoxy groups -OCH3 is 2. The highest BCUT2D eigenvalue weighted by atomic mass is 32.2. The van der Waals surface area contributed by atoms with Crippen LogP contribution in [0.2, 0.25) is 0 Å². The molecule has 2 amide bonds. The van der Waals surface area contributed by atoms with Crippen LogP contribution in [0.1, 0.15) is 6.92 Å². The molecule has 178 valence electrons. The number of carbonyl (C=O) groups excluding carboxylic acids is 2. The molecule has 0 aliphatic carbocycles. The van der Waals surface area contributed by atoms with E-state index in [2.05, 4.69) is 20.7 Å². The van der Waals surface area contributed by atoms with Gasteiger partial charge in [-0.15, -0.1) is 0 Å². The van der Waals surface area contributed by atoms with Gasteiger partial charge in [-0.3, -0.25) is 15.5 Å². The average Bonchev–Trinajstić information content (AvgIpc) is 2.76. The number of nitrogens with one attached hydrogen (secondary N) is 4. The number of carbonyl (C=O) groups is 2. The molecule has 0 unspecified atom stereocenters. The van der Waals surface area contributed by atoms with Crippen molar-refractivity contribution in [2.24, 2.45) is 0 Å². The molecule has 2 aromatic rings. The summed E-state index contributed by atoms with van der Waals surface area (Å²) in [6, 6.07) is 9.72. The van der Waals surface area contributed by atoms with Crippen molar-refractivity contribution in [1.29, 1.82) is 5.41 Å². The number of amides is 2. The molecule has 2 rings (SSSR count). The fraction of sp³-hybridized carbons (Fsp3) is 0.250. The molecule has 2 aromatic carbocycles. The van der Waals surface area contributed by atoms with E-state index in [4.69, 9.17) is 19.1 Å². The molecular formula is C20H24N4O8S. The molecule has 0 heterocycles. The van der Waals surface area contributed by atoms with Gasteiger partial charge in [0.15, 0.2) is 0 Å². The summed E-state index contributed by atoms with van der Waals surface area (Å²) >= 11 is 0. The minimum absolute atomic E-state index is 0.0663. The fourth-order valence-corrected chi connectivity index (χ4v) is 3.44. The van der Waals surface area contributed by atoms with Crippen molar-refractivity contribution in [2.45, 2.75) is 11.8 Å². The van der Waals surface area contributed by atoms with E-state index in [9.17, 15) is 18.0 Å². The number of benzene rings is 2. The third kappa shape index (κ3) is 7.66. The number of ether oxygens (including phenoxy) is 3. The highest BCUT2D eigenvalue weighted by molar-refractivity contribution is 7.87. The van der Waals surface area contributed by atoms with Crippen LogP contribution in [-0.4, -0.2) is 53.8 Å². The first-order chi connectivity index (χ1) is 15.7. The summed E-state index contributed by atoms with van der Waals surface area (Å²) in [7, 11) is -1.76. The van der Waals surface area contributed by atoms with Crippen LogP contribution in [0.4, 0.5) is 16.2 Å². The Bertz CT molecular complexity index is 1120. The lowest BCUT2D eigenvalue weighted by atomic mass is 10.2. The van der Waals surface area contributed by atoms with Gasteiger partial charge in [-0.05, 0) is 31.2 Å². The number of alkyl carbamates (subject to hydrolysis) is 1. The summed E-state index contributed by atoms with van der Waals surface area (Å²) in [6.45, 7) is 1.90. The average molecular weight is 480 g/mol. The van der Waals surface area contributed by atoms with Gasteiger partial charge in [-0.1, -0.05) is 6.07 Å². The third-order valence-corrected chi connectivity index (χ3v) is 5.07. The van der Waals surface area contributed by atoms with E-state index in [0.717, 1.165) is 7.11 Å². The summed E-state index contributed by atoms with van der Waals surface area (Å²) in [5, 5.41) is 15.0. The van der Waals surface area contributed by atoms with E-state index in [1.165, 1.54) is 43.5 Å². The lowest BCUT2D eigenvalue weighted by Gasteiger charge is -2.16. The molecule has 0 fully saturated rings. The lowest BCUT2D eigenvalue weighted by Crippen LogP contribution is -2.35. The van der Waals surface area contributed by atoms with Crippen LogP contribution in [0, 0.1) is 5.41 Å². The zero-order valence-corrected chi connectivity index (χ0v) is 18.9. The van der Waals surface area contributed by atoms with Crippen molar-refractivity contribution in [3.8, 4) is 11.5 Å². The van der Waals surface area contributed by atoms with Crippen LogP contribution < -0.4 is 24.9 Å². The zero-order valence-electron chi connectivity index (χ0n) is 18.1. The van der Waals surface area contributed by atoms with E-state index < -0.39 is 28.1 Å². The lowest BCUT2D eigenvalue weighted by molar-refractivity contribution is -0.119. The van der Waals surface area contributed by atoms with E-state index in [-0.39, 0.29) is 28.6 Å². The summed E-state index contributed by atoms with van der Waals surface area (Å²) in [5.41, 5.74) is 0.244. The SMILES string of the molecule is CCOc1cccc(S(=O)(=O)Oc2ccc(NC(=O)COC)c(NC(=N)NC(=O)OC)c2)c1. The molecule has 0 aliphatic rings. The van der Waals surface area contributed by atoms with Crippen LogP contribution in [0.3, 0.4) is 0 Å². The van der Waals surface area contributed by atoms with Gasteiger partial charge in [0, 0.05) is 19.2 Å². The monoisotopic (exact) mass is 480 g/mol. The van der Waals surface area contributed by atoms with Gasteiger partial charge in [0.2, 0.25) is 11.9 Å². The minimum Gasteiger partial charge on any atom is -0.494 e. The second-order valence-corrected chi connectivity index (χ2v) is 7.80. The molecular weight excluding hydrogens is 456 g/mol. The van der Waals surface area contributed by atoms with Gasteiger partial charge in [-0.2, -0.15) is 8.42 Å². The van der Waals surface area contributed by atoms with E-state index in [1.54, 1.807) is 13.0 Å². The van der Waals surface area contributed by atoms with E-state index in [0.29, 0.717) is 12.4 Å². The predicted molar refractivity (Wildman–Crippen MR) is 119 cm³/mol. The maximum atomic E-state index is 12.7. The summed E-state index contributed by atoms with van der Waals surface area (Å²) in [4.78, 5) is 23.1. The van der Waals surface area contributed by atoms with Gasteiger partial charge in [0.25, 0.3) is 0 Å². The maximum absolute atomic E-state index is 12.7. The molecule has 0 aliphatic heterocycles. The van der Waals surface area contributed by atoms with Crippen molar-refractivity contribution >= 4 is 39.5 Å². The second-order valence-electron chi connectivity index (χ2n) is 6.25. The van der Waals surface area contributed by atoms with Gasteiger partial charge < -0.3 is 29.0 Å². The number of hydrogen-bond acceptors (Lipinski definition) is 9. The third-order valence-electron chi connectivity index (χ3n) is 3.82. The van der Waals surface area contributed by atoms with Crippen molar-refractivity contribution in [1.82, 2.24) is 5.32 Å². The Labute approximate surface area is 190 Å². The van der Waals surface area contributed by atoms with Crippen LogP contribution in [-0.2, 0) is 24.4 Å². The van der Waals surface area contributed by atoms with Crippen LogP contribution >= 0.6 is 0 Å². The van der Waals surface area contributed by atoms with Crippen molar-refractivity contribution in [3.63, 3.8) is 0 Å². The molecule has 13 heteroatoms. The van der Waals surface area contributed by atoms with Gasteiger partial charge in [0.05, 0.1) is 25.1 Å². The second kappa shape index (κ2) is 11.7. The molecule has 33 heavy (non-hydrogen) atoms. The van der Waals surface area contributed by atoms with Gasteiger partial charge >= 0.3 is 16.2 Å². The van der Waals surface area contributed by atoms with E-state index >= 15 is 0 Å².